The van der Waals surface area contributed by atoms with Gasteiger partial charge in [-0.3, -0.25) is 9.59 Å². The Kier molecular flexibility index (Phi) is 5.63. The second kappa shape index (κ2) is 8.10. The number of carbonyl (C=O) groups excluding carboxylic acids is 2. The van der Waals surface area contributed by atoms with Gasteiger partial charge in [0.25, 0.3) is 11.8 Å². The van der Waals surface area contributed by atoms with E-state index in [1.165, 1.54) is 6.07 Å². The summed E-state index contributed by atoms with van der Waals surface area (Å²) in [5, 5.41) is 10.2. The predicted molar refractivity (Wildman–Crippen MR) is 97.5 cm³/mol. The van der Waals surface area contributed by atoms with E-state index < -0.39 is 0 Å². The molecule has 0 atom stereocenters. The van der Waals surface area contributed by atoms with Gasteiger partial charge in [0.2, 0.25) is 0 Å². The third-order valence-electron chi connectivity index (χ3n) is 4.21. The summed E-state index contributed by atoms with van der Waals surface area (Å²) >= 11 is 5.93. The van der Waals surface area contributed by atoms with Gasteiger partial charge < -0.3 is 19.6 Å². The van der Waals surface area contributed by atoms with E-state index in [4.69, 9.17) is 16.3 Å². The van der Waals surface area contributed by atoms with Gasteiger partial charge in [-0.25, -0.2) is 0 Å². The van der Waals surface area contributed by atoms with E-state index in [0.717, 1.165) is 0 Å². The van der Waals surface area contributed by atoms with Crippen molar-refractivity contribution in [1.82, 2.24) is 9.80 Å². The number of nitrogens with zero attached hydrogens (tertiary/aromatic N) is 2. The lowest BCUT2D eigenvalue weighted by Crippen LogP contribution is -2.51. The summed E-state index contributed by atoms with van der Waals surface area (Å²) in [4.78, 5) is 28.1. The Labute approximate surface area is 156 Å². The Morgan fingerprint density at radius 3 is 2.38 bits per heavy atom. The van der Waals surface area contributed by atoms with E-state index in [-0.39, 0.29) is 29.9 Å². The summed E-state index contributed by atoms with van der Waals surface area (Å²) in [6, 6.07) is 13.3. The van der Waals surface area contributed by atoms with Crippen molar-refractivity contribution in [3.8, 4) is 11.5 Å². The maximum Gasteiger partial charge on any atom is 0.260 e. The van der Waals surface area contributed by atoms with Crippen molar-refractivity contribution >= 4 is 23.4 Å². The molecule has 0 radical (unpaired) electrons. The van der Waals surface area contributed by atoms with Crippen molar-refractivity contribution in [2.24, 2.45) is 0 Å². The van der Waals surface area contributed by atoms with E-state index in [9.17, 15) is 14.7 Å². The van der Waals surface area contributed by atoms with Crippen LogP contribution in [0.2, 0.25) is 5.02 Å². The molecule has 7 heteroatoms. The number of phenolic OH excluding ortho intramolecular Hbond substituents is 1. The molecule has 0 aliphatic carbocycles. The number of piperazine rings is 1. The predicted octanol–water partition coefficient (Wildman–Crippen LogP) is 2.41. The molecule has 2 aromatic rings. The number of benzene rings is 2. The third-order valence-corrected chi connectivity index (χ3v) is 4.44. The number of carbonyl (C=O) groups is 2. The Balaban J connectivity index is 1.51. The van der Waals surface area contributed by atoms with Crippen LogP contribution < -0.4 is 4.74 Å². The highest BCUT2D eigenvalue weighted by molar-refractivity contribution is 6.30. The van der Waals surface area contributed by atoms with Crippen molar-refractivity contribution in [1.29, 1.82) is 0 Å². The molecule has 2 amide bonds. The van der Waals surface area contributed by atoms with Gasteiger partial charge in [0.15, 0.2) is 18.1 Å². The molecule has 136 valence electrons. The zero-order chi connectivity index (χ0) is 18.5. The molecule has 1 aliphatic heterocycles. The highest BCUT2D eigenvalue weighted by Crippen LogP contribution is 2.24. The van der Waals surface area contributed by atoms with Crippen LogP contribution in [-0.2, 0) is 4.79 Å². The molecule has 0 bridgehead atoms. The lowest BCUT2D eigenvalue weighted by molar-refractivity contribution is -0.134. The molecule has 1 aliphatic rings. The van der Waals surface area contributed by atoms with Gasteiger partial charge >= 0.3 is 0 Å². The van der Waals surface area contributed by atoms with Gasteiger partial charge in [0.1, 0.15) is 0 Å². The van der Waals surface area contributed by atoms with Crippen LogP contribution in [0.1, 0.15) is 10.4 Å². The number of amides is 2. The quantitative estimate of drug-likeness (QED) is 0.892. The fraction of sp³-hybridized carbons (Fsp3) is 0.263. The lowest BCUT2D eigenvalue weighted by Gasteiger charge is -2.34. The number of halogens is 1. The van der Waals surface area contributed by atoms with Gasteiger partial charge in [0.05, 0.1) is 0 Å². The summed E-state index contributed by atoms with van der Waals surface area (Å²) in [5.74, 6) is 0.000947. The molecule has 1 heterocycles. The molecule has 3 rings (SSSR count). The first-order valence-corrected chi connectivity index (χ1v) is 8.66. The SMILES string of the molecule is O=C(COc1ccccc1O)N1CCN(C(=O)c2cccc(Cl)c2)CC1. The summed E-state index contributed by atoms with van der Waals surface area (Å²) in [5.41, 5.74) is 0.542. The van der Waals surface area contributed by atoms with Crippen molar-refractivity contribution in [3.05, 3.63) is 59.1 Å². The summed E-state index contributed by atoms with van der Waals surface area (Å²) in [6.45, 7) is 1.63. The Bertz CT molecular complexity index is 804. The fourth-order valence-electron chi connectivity index (χ4n) is 2.77. The van der Waals surface area contributed by atoms with Gasteiger partial charge in [-0.2, -0.15) is 0 Å². The van der Waals surface area contributed by atoms with Gasteiger partial charge in [0, 0.05) is 36.8 Å². The van der Waals surface area contributed by atoms with Gasteiger partial charge in [-0.05, 0) is 30.3 Å². The first kappa shape index (κ1) is 18.1. The van der Waals surface area contributed by atoms with Crippen LogP contribution in [0.3, 0.4) is 0 Å². The van der Waals surface area contributed by atoms with Crippen molar-refractivity contribution in [3.63, 3.8) is 0 Å². The number of para-hydroxylation sites is 2. The van der Waals surface area contributed by atoms with Crippen LogP contribution in [0.25, 0.3) is 0 Å². The monoisotopic (exact) mass is 374 g/mol. The largest absolute Gasteiger partial charge is 0.504 e. The second-order valence-corrected chi connectivity index (χ2v) is 6.38. The average molecular weight is 375 g/mol. The number of phenols is 1. The van der Waals surface area contributed by atoms with E-state index in [1.807, 2.05) is 0 Å². The van der Waals surface area contributed by atoms with Crippen LogP contribution in [0.4, 0.5) is 0 Å². The minimum Gasteiger partial charge on any atom is -0.504 e. The van der Waals surface area contributed by atoms with Crippen LogP contribution in [0.15, 0.2) is 48.5 Å². The molecule has 0 spiro atoms. The normalized spacial score (nSPS) is 14.2. The molecular formula is C19H19ClN2O4. The number of aromatic hydroxyl groups is 1. The van der Waals surface area contributed by atoms with Crippen molar-refractivity contribution < 1.29 is 19.4 Å². The van der Waals surface area contributed by atoms with Gasteiger partial charge in [-0.15, -0.1) is 0 Å². The van der Waals surface area contributed by atoms with E-state index in [0.29, 0.717) is 36.8 Å². The number of hydrogen-bond donors (Lipinski definition) is 1. The number of hydrogen-bond acceptors (Lipinski definition) is 4. The Morgan fingerprint density at radius 2 is 1.69 bits per heavy atom. The molecule has 6 nitrogen and oxygen atoms in total. The number of ether oxygens (including phenoxy) is 1. The van der Waals surface area contributed by atoms with E-state index in [2.05, 4.69) is 0 Å². The lowest BCUT2D eigenvalue weighted by atomic mass is 10.2. The zero-order valence-electron chi connectivity index (χ0n) is 14.1. The molecule has 1 N–H and O–H groups in total. The average Bonchev–Trinajstić information content (AvgIpc) is 2.66. The molecule has 26 heavy (non-hydrogen) atoms. The van der Waals surface area contributed by atoms with E-state index in [1.54, 1.807) is 52.3 Å². The van der Waals surface area contributed by atoms with Crippen LogP contribution >= 0.6 is 11.6 Å². The zero-order valence-corrected chi connectivity index (χ0v) is 14.9. The fourth-order valence-corrected chi connectivity index (χ4v) is 2.96. The molecule has 2 aromatic carbocycles. The standard InChI is InChI=1S/C19H19ClN2O4/c20-15-5-3-4-14(12-15)19(25)22-10-8-21(9-11-22)18(24)13-26-17-7-2-1-6-16(17)23/h1-7,12,23H,8-11,13H2. The second-order valence-electron chi connectivity index (χ2n) is 5.94. The topological polar surface area (TPSA) is 70.1 Å². The number of rotatable bonds is 4. The maximum atomic E-state index is 12.5. The highest BCUT2D eigenvalue weighted by Gasteiger charge is 2.25. The van der Waals surface area contributed by atoms with Gasteiger partial charge in [-0.1, -0.05) is 29.8 Å². The smallest absolute Gasteiger partial charge is 0.260 e. The molecule has 0 unspecified atom stereocenters. The van der Waals surface area contributed by atoms with Crippen LogP contribution in [0.5, 0.6) is 11.5 Å². The third kappa shape index (κ3) is 4.26. The summed E-state index contributed by atoms with van der Waals surface area (Å²) in [7, 11) is 0. The van der Waals surface area contributed by atoms with Crippen molar-refractivity contribution in [2.75, 3.05) is 32.8 Å². The van der Waals surface area contributed by atoms with E-state index >= 15 is 0 Å². The maximum absolute atomic E-state index is 12.5. The van der Waals surface area contributed by atoms with Crippen LogP contribution in [-0.4, -0.2) is 59.5 Å². The van der Waals surface area contributed by atoms with Crippen molar-refractivity contribution in [2.45, 2.75) is 0 Å². The molecule has 0 aromatic heterocycles. The summed E-state index contributed by atoms with van der Waals surface area (Å²) in [6.07, 6.45) is 0. The minimum absolute atomic E-state index is 0.00256. The minimum atomic E-state index is -0.178. The summed E-state index contributed by atoms with van der Waals surface area (Å²) < 4.78 is 5.37. The molecule has 0 saturated carbocycles. The molecule has 1 fully saturated rings. The molecule has 1 saturated heterocycles. The molecular weight excluding hydrogens is 356 g/mol. The Morgan fingerprint density at radius 1 is 1.00 bits per heavy atom. The first-order chi connectivity index (χ1) is 12.5. The Hall–Kier alpha value is -2.73. The highest BCUT2D eigenvalue weighted by atomic mass is 35.5. The first-order valence-electron chi connectivity index (χ1n) is 8.28. The van der Waals surface area contributed by atoms with Crippen LogP contribution in [0, 0.1) is 0 Å².